The van der Waals surface area contributed by atoms with E-state index in [0.717, 1.165) is 22.5 Å². The van der Waals surface area contributed by atoms with E-state index in [1.54, 1.807) is 6.92 Å². The summed E-state index contributed by atoms with van der Waals surface area (Å²) in [5.41, 5.74) is 11.2. The Morgan fingerprint density at radius 2 is 1.67 bits per heavy atom. The number of hydrogen-bond donors (Lipinski definition) is 2. The molecule has 0 saturated carbocycles. The summed E-state index contributed by atoms with van der Waals surface area (Å²) < 4.78 is 0. The van der Waals surface area contributed by atoms with E-state index in [1.165, 1.54) is 0 Å². The normalized spacial score (nSPS) is 10.7. The largest absolute Gasteiger partial charge is 0.383 e. The molecule has 0 fully saturated rings. The quantitative estimate of drug-likeness (QED) is 0.592. The number of nitriles is 1. The van der Waals surface area contributed by atoms with E-state index in [1.807, 2.05) is 56.3 Å². The van der Waals surface area contributed by atoms with Gasteiger partial charge in [0.05, 0.1) is 11.3 Å². The third-order valence-electron chi connectivity index (χ3n) is 4.06. The van der Waals surface area contributed by atoms with Crippen LogP contribution in [0.25, 0.3) is 0 Å². The zero-order chi connectivity index (χ0) is 19.4. The third kappa shape index (κ3) is 4.10. The second-order valence-corrected chi connectivity index (χ2v) is 6.34. The molecule has 134 valence electrons. The van der Waals surface area contributed by atoms with Gasteiger partial charge >= 0.3 is 0 Å². The molecular weight excluding hydrogens is 336 g/mol. The van der Waals surface area contributed by atoms with Crippen LogP contribution in [-0.4, -0.2) is 4.98 Å². The van der Waals surface area contributed by atoms with Crippen molar-refractivity contribution in [2.45, 2.75) is 20.8 Å². The van der Waals surface area contributed by atoms with Gasteiger partial charge in [0.15, 0.2) is 5.82 Å². The molecule has 0 amide bonds. The first-order valence-electron chi connectivity index (χ1n) is 8.50. The van der Waals surface area contributed by atoms with Crippen molar-refractivity contribution in [3.05, 3.63) is 70.8 Å². The van der Waals surface area contributed by atoms with Gasteiger partial charge in [0, 0.05) is 11.3 Å². The number of para-hydroxylation sites is 1. The van der Waals surface area contributed by atoms with Crippen LogP contribution in [0.3, 0.4) is 0 Å². The van der Waals surface area contributed by atoms with Crippen molar-refractivity contribution in [2.24, 2.45) is 10.2 Å². The van der Waals surface area contributed by atoms with Crippen molar-refractivity contribution in [3.63, 3.8) is 0 Å². The summed E-state index contributed by atoms with van der Waals surface area (Å²) in [6.45, 7) is 5.82. The van der Waals surface area contributed by atoms with Crippen LogP contribution in [0.15, 0.2) is 58.8 Å². The fourth-order valence-corrected chi connectivity index (χ4v) is 2.84. The predicted molar refractivity (Wildman–Crippen MR) is 108 cm³/mol. The van der Waals surface area contributed by atoms with E-state index >= 15 is 0 Å². The SMILES string of the molecule is Cc1cc(C)cc(N=Nc2c(Nc3ccccc3)nc(N)c(C#N)c2C)c1. The minimum atomic E-state index is 0.166. The maximum atomic E-state index is 9.40. The number of nitrogens with one attached hydrogen (secondary N) is 1. The molecule has 0 aliphatic heterocycles. The molecule has 27 heavy (non-hydrogen) atoms. The topological polar surface area (TPSA) is 99.4 Å². The van der Waals surface area contributed by atoms with Gasteiger partial charge in [0.25, 0.3) is 0 Å². The lowest BCUT2D eigenvalue weighted by Crippen LogP contribution is -2.03. The zero-order valence-corrected chi connectivity index (χ0v) is 15.5. The Morgan fingerprint density at radius 3 is 2.30 bits per heavy atom. The number of aryl methyl sites for hydroxylation is 2. The summed E-state index contributed by atoms with van der Waals surface area (Å²) in [5, 5.41) is 21.4. The average Bonchev–Trinajstić information content (AvgIpc) is 2.61. The van der Waals surface area contributed by atoms with Crippen molar-refractivity contribution >= 4 is 28.7 Å². The highest BCUT2D eigenvalue weighted by Gasteiger charge is 2.16. The van der Waals surface area contributed by atoms with Gasteiger partial charge in [-0.25, -0.2) is 4.98 Å². The number of anilines is 3. The molecule has 0 radical (unpaired) electrons. The summed E-state index contributed by atoms with van der Waals surface area (Å²) in [6.07, 6.45) is 0. The van der Waals surface area contributed by atoms with Crippen LogP contribution in [0.5, 0.6) is 0 Å². The third-order valence-corrected chi connectivity index (χ3v) is 4.06. The first-order chi connectivity index (χ1) is 13.0. The van der Waals surface area contributed by atoms with Gasteiger partial charge in [-0.1, -0.05) is 24.3 Å². The van der Waals surface area contributed by atoms with Crippen LogP contribution in [0.4, 0.5) is 28.7 Å². The minimum absolute atomic E-state index is 0.166. The lowest BCUT2D eigenvalue weighted by Gasteiger charge is -2.12. The zero-order valence-electron chi connectivity index (χ0n) is 15.5. The summed E-state index contributed by atoms with van der Waals surface area (Å²) in [7, 11) is 0. The van der Waals surface area contributed by atoms with Crippen LogP contribution in [0.2, 0.25) is 0 Å². The Morgan fingerprint density at radius 1 is 1.00 bits per heavy atom. The molecule has 0 saturated heterocycles. The Kier molecular flexibility index (Phi) is 5.13. The minimum Gasteiger partial charge on any atom is -0.383 e. The number of nitrogen functional groups attached to an aromatic ring is 1. The molecule has 0 bridgehead atoms. The highest BCUT2D eigenvalue weighted by Crippen LogP contribution is 2.35. The van der Waals surface area contributed by atoms with Gasteiger partial charge in [0.1, 0.15) is 17.6 Å². The van der Waals surface area contributed by atoms with Crippen molar-refractivity contribution in [1.82, 2.24) is 4.98 Å². The summed E-state index contributed by atoms with van der Waals surface area (Å²) in [6, 6.07) is 17.7. The molecule has 6 nitrogen and oxygen atoms in total. The Bertz CT molecular complexity index is 1030. The number of pyridine rings is 1. The predicted octanol–water partition coefficient (Wildman–Crippen LogP) is 5.62. The second-order valence-electron chi connectivity index (χ2n) is 6.34. The molecule has 3 N–H and O–H groups in total. The molecule has 1 aromatic heterocycles. The fraction of sp³-hybridized carbons (Fsp3) is 0.143. The summed E-state index contributed by atoms with van der Waals surface area (Å²) >= 11 is 0. The molecule has 0 spiro atoms. The summed E-state index contributed by atoms with van der Waals surface area (Å²) in [4.78, 5) is 4.34. The van der Waals surface area contributed by atoms with E-state index in [2.05, 4.69) is 32.7 Å². The van der Waals surface area contributed by atoms with Crippen molar-refractivity contribution < 1.29 is 0 Å². The molecule has 3 rings (SSSR count). The standard InChI is InChI=1S/C21H20N6/c1-13-9-14(2)11-17(10-13)26-27-19-15(3)18(12-22)20(23)25-21(19)24-16-7-5-4-6-8-16/h4-11H,1-3H3,(H3,23,24,25). The van der Waals surface area contributed by atoms with Crippen LogP contribution < -0.4 is 11.1 Å². The van der Waals surface area contributed by atoms with Gasteiger partial charge in [-0.15, -0.1) is 5.11 Å². The average molecular weight is 356 g/mol. The fourth-order valence-electron chi connectivity index (χ4n) is 2.84. The number of nitrogens with zero attached hydrogens (tertiary/aromatic N) is 4. The molecule has 6 heteroatoms. The molecule has 1 heterocycles. The number of aromatic nitrogens is 1. The van der Waals surface area contributed by atoms with Gasteiger partial charge in [-0.05, 0) is 56.2 Å². The van der Waals surface area contributed by atoms with E-state index in [-0.39, 0.29) is 5.82 Å². The maximum absolute atomic E-state index is 9.40. The Hall–Kier alpha value is -3.72. The molecule has 2 aromatic carbocycles. The van der Waals surface area contributed by atoms with Crippen molar-refractivity contribution in [1.29, 1.82) is 5.26 Å². The van der Waals surface area contributed by atoms with Gasteiger partial charge in [-0.2, -0.15) is 10.4 Å². The number of nitrogens with two attached hydrogens (primary N) is 1. The van der Waals surface area contributed by atoms with E-state index < -0.39 is 0 Å². The van der Waals surface area contributed by atoms with Gasteiger partial charge in [-0.3, -0.25) is 0 Å². The maximum Gasteiger partial charge on any atom is 0.161 e. The number of azo groups is 1. The number of benzene rings is 2. The number of rotatable bonds is 4. The van der Waals surface area contributed by atoms with Crippen LogP contribution in [-0.2, 0) is 0 Å². The van der Waals surface area contributed by atoms with E-state index in [9.17, 15) is 5.26 Å². The highest BCUT2D eigenvalue weighted by atomic mass is 15.1. The lowest BCUT2D eigenvalue weighted by atomic mass is 10.1. The van der Waals surface area contributed by atoms with Gasteiger partial charge < -0.3 is 11.1 Å². The van der Waals surface area contributed by atoms with E-state index in [4.69, 9.17) is 5.73 Å². The van der Waals surface area contributed by atoms with Crippen molar-refractivity contribution in [3.8, 4) is 6.07 Å². The second kappa shape index (κ2) is 7.67. The van der Waals surface area contributed by atoms with Crippen molar-refractivity contribution in [2.75, 3.05) is 11.1 Å². The first-order valence-corrected chi connectivity index (χ1v) is 8.50. The lowest BCUT2D eigenvalue weighted by molar-refractivity contribution is 1.16. The number of hydrogen-bond acceptors (Lipinski definition) is 6. The molecule has 0 aliphatic carbocycles. The molecule has 0 aliphatic rings. The Labute approximate surface area is 158 Å². The summed E-state index contributed by atoms with van der Waals surface area (Å²) in [5.74, 6) is 0.627. The van der Waals surface area contributed by atoms with E-state index in [0.29, 0.717) is 22.6 Å². The monoisotopic (exact) mass is 356 g/mol. The van der Waals surface area contributed by atoms with Crippen LogP contribution >= 0.6 is 0 Å². The van der Waals surface area contributed by atoms with Gasteiger partial charge in [0.2, 0.25) is 0 Å². The molecule has 0 unspecified atom stereocenters. The first kappa shape index (κ1) is 18.1. The smallest absolute Gasteiger partial charge is 0.161 e. The highest BCUT2D eigenvalue weighted by molar-refractivity contribution is 5.76. The molecular formula is C21H20N6. The Balaban J connectivity index is 2.08. The molecule has 3 aromatic rings. The van der Waals surface area contributed by atoms with Crippen LogP contribution in [0.1, 0.15) is 22.3 Å². The van der Waals surface area contributed by atoms with Crippen LogP contribution in [0, 0.1) is 32.1 Å². The molecule has 0 atom stereocenters.